The second-order valence-corrected chi connectivity index (χ2v) is 8.56. The molecule has 0 bridgehead atoms. The molecule has 0 aliphatic carbocycles. The summed E-state index contributed by atoms with van der Waals surface area (Å²) in [5.41, 5.74) is 6.31. The number of methoxy groups -OCH3 is 1. The molecular formula is C29H24N4O2. The molecular weight excluding hydrogens is 436 g/mol. The molecule has 0 aliphatic rings. The highest BCUT2D eigenvalue weighted by atomic mass is 16.5. The number of fused-ring (bicyclic) bond motifs is 1. The smallest absolute Gasteiger partial charge is 0.251 e. The average Bonchev–Trinajstić information content (AvgIpc) is 3.32. The van der Waals surface area contributed by atoms with Crippen LogP contribution >= 0.6 is 0 Å². The van der Waals surface area contributed by atoms with Gasteiger partial charge in [-0.25, -0.2) is 4.98 Å². The van der Waals surface area contributed by atoms with Crippen LogP contribution in [-0.4, -0.2) is 21.2 Å². The normalized spacial score (nSPS) is 11.8. The number of benzene rings is 3. The maximum Gasteiger partial charge on any atom is 0.251 e. The van der Waals surface area contributed by atoms with Gasteiger partial charge >= 0.3 is 0 Å². The summed E-state index contributed by atoms with van der Waals surface area (Å²) in [5, 5.41) is 10.2. The number of aromatic nitrogens is 3. The van der Waals surface area contributed by atoms with Crippen LogP contribution in [0.3, 0.4) is 0 Å². The minimum Gasteiger partial charge on any atom is -0.497 e. The Morgan fingerprint density at radius 1 is 0.971 bits per heavy atom. The summed E-state index contributed by atoms with van der Waals surface area (Å²) in [4.78, 5) is 17.2. The van der Waals surface area contributed by atoms with Gasteiger partial charge in [-0.1, -0.05) is 30.3 Å². The molecule has 3 aromatic carbocycles. The molecule has 2 heterocycles. The summed E-state index contributed by atoms with van der Waals surface area (Å²) in [6.07, 6.45) is 3.66. The van der Waals surface area contributed by atoms with Gasteiger partial charge in [0.2, 0.25) is 0 Å². The van der Waals surface area contributed by atoms with Gasteiger partial charge in [0.05, 0.1) is 36.5 Å². The fourth-order valence-electron chi connectivity index (χ4n) is 4.62. The lowest BCUT2D eigenvalue weighted by Gasteiger charge is -2.21. The third kappa shape index (κ3) is 3.98. The van der Waals surface area contributed by atoms with E-state index in [9.17, 15) is 10.1 Å². The van der Waals surface area contributed by atoms with Gasteiger partial charge in [-0.3, -0.25) is 4.79 Å². The van der Waals surface area contributed by atoms with Gasteiger partial charge in [0.1, 0.15) is 5.75 Å². The van der Waals surface area contributed by atoms with Gasteiger partial charge in [0, 0.05) is 37.4 Å². The third-order valence-electron chi connectivity index (χ3n) is 6.51. The van der Waals surface area contributed by atoms with E-state index < -0.39 is 0 Å². The second kappa shape index (κ2) is 8.96. The van der Waals surface area contributed by atoms with Gasteiger partial charge < -0.3 is 13.9 Å². The SMILES string of the molecule is COc1cccc(-c2cc(=O)n(C)c3ccc([C@H](c4ccc(C#N)cc4)c4cncn4C)cc23)c1. The molecule has 0 amide bonds. The molecule has 172 valence electrons. The minimum absolute atomic E-state index is 0.0710. The Kier molecular flexibility index (Phi) is 5.68. The highest BCUT2D eigenvalue weighted by Gasteiger charge is 2.21. The molecule has 6 nitrogen and oxygen atoms in total. The minimum atomic E-state index is -0.102. The average molecular weight is 461 g/mol. The highest BCUT2D eigenvalue weighted by Crippen LogP contribution is 2.36. The van der Waals surface area contributed by atoms with Gasteiger partial charge in [-0.2, -0.15) is 5.26 Å². The number of hydrogen-bond acceptors (Lipinski definition) is 4. The van der Waals surface area contributed by atoms with Crippen molar-refractivity contribution in [1.29, 1.82) is 5.26 Å². The molecule has 0 unspecified atom stereocenters. The predicted octanol–water partition coefficient (Wildman–Crippen LogP) is 5.00. The largest absolute Gasteiger partial charge is 0.497 e. The van der Waals surface area contributed by atoms with E-state index in [1.165, 1.54) is 0 Å². The van der Waals surface area contributed by atoms with E-state index in [4.69, 9.17) is 4.74 Å². The van der Waals surface area contributed by atoms with Crippen LogP contribution in [0.4, 0.5) is 0 Å². The number of ether oxygens (including phenoxy) is 1. The summed E-state index contributed by atoms with van der Waals surface area (Å²) in [5.74, 6) is 0.632. The van der Waals surface area contributed by atoms with Crippen LogP contribution in [0.25, 0.3) is 22.0 Å². The van der Waals surface area contributed by atoms with Crippen LogP contribution < -0.4 is 10.3 Å². The number of nitrogens with zero attached hydrogens (tertiary/aromatic N) is 4. The first-order valence-corrected chi connectivity index (χ1v) is 11.2. The van der Waals surface area contributed by atoms with E-state index in [0.29, 0.717) is 5.56 Å². The van der Waals surface area contributed by atoms with Crippen molar-refractivity contribution in [2.45, 2.75) is 5.92 Å². The van der Waals surface area contributed by atoms with Crippen LogP contribution in [0, 0.1) is 11.3 Å². The van der Waals surface area contributed by atoms with E-state index in [0.717, 1.165) is 44.6 Å². The quantitative estimate of drug-likeness (QED) is 0.370. The third-order valence-corrected chi connectivity index (χ3v) is 6.51. The van der Waals surface area contributed by atoms with Crippen molar-refractivity contribution in [1.82, 2.24) is 14.1 Å². The van der Waals surface area contributed by atoms with Crippen LogP contribution in [-0.2, 0) is 14.1 Å². The first-order valence-electron chi connectivity index (χ1n) is 11.2. The van der Waals surface area contributed by atoms with Gasteiger partial charge in [-0.15, -0.1) is 0 Å². The number of pyridine rings is 1. The van der Waals surface area contributed by atoms with Crippen molar-refractivity contribution < 1.29 is 4.74 Å². The lowest BCUT2D eigenvalue weighted by Crippen LogP contribution is -2.16. The van der Waals surface area contributed by atoms with Crippen molar-refractivity contribution in [3.63, 3.8) is 0 Å². The molecule has 5 rings (SSSR count). The molecule has 1 atom stereocenters. The van der Waals surface area contributed by atoms with E-state index in [1.807, 2.05) is 72.4 Å². The second-order valence-electron chi connectivity index (χ2n) is 8.56. The van der Waals surface area contributed by atoms with Crippen molar-refractivity contribution in [2.75, 3.05) is 7.11 Å². The van der Waals surface area contributed by atoms with Crippen LogP contribution in [0.2, 0.25) is 0 Å². The molecule has 0 spiro atoms. The van der Waals surface area contributed by atoms with Crippen LogP contribution in [0.1, 0.15) is 28.3 Å². The van der Waals surface area contributed by atoms with E-state index in [1.54, 1.807) is 31.1 Å². The molecule has 0 N–H and O–H groups in total. The molecule has 6 heteroatoms. The van der Waals surface area contributed by atoms with Crippen molar-refractivity contribution in [3.8, 4) is 22.9 Å². The van der Waals surface area contributed by atoms with E-state index in [-0.39, 0.29) is 11.5 Å². The zero-order chi connectivity index (χ0) is 24.5. The van der Waals surface area contributed by atoms with Crippen molar-refractivity contribution in [2.24, 2.45) is 14.1 Å². The Labute approximate surface area is 203 Å². The maximum atomic E-state index is 12.8. The van der Waals surface area contributed by atoms with E-state index in [2.05, 4.69) is 23.2 Å². The Bertz CT molecular complexity index is 1640. The molecule has 0 saturated heterocycles. The van der Waals surface area contributed by atoms with Gasteiger partial charge in [0.25, 0.3) is 5.56 Å². The fourth-order valence-corrected chi connectivity index (χ4v) is 4.62. The zero-order valence-corrected chi connectivity index (χ0v) is 19.8. The van der Waals surface area contributed by atoms with Crippen molar-refractivity contribution >= 4 is 10.9 Å². The van der Waals surface area contributed by atoms with Crippen LogP contribution in [0.5, 0.6) is 5.75 Å². The Hall–Kier alpha value is -4.63. The Morgan fingerprint density at radius 2 is 1.74 bits per heavy atom. The molecule has 35 heavy (non-hydrogen) atoms. The summed E-state index contributed by atoms with van der Waals surface area (Å²) < 4.78 is 9.11. The summed E-state index contributed by atoms with van der Waals surface area (Å²) in [6.45, 7) is 0. The number of rotatable bonds is 5. The number of nitriles is 1. The van der Waals surface area contributed by atoms with E-state index >= 15 is 0 Å². The molecule has 0 radical (unpaired) electrons. The van der Waals surface area contributed by atoms with Crippen LogP contribution in [0.15, 0.2) is 90.1 Å². The summed E-state index contributed by atoms with van der Waals surface area (Å²) in [7, 11) is 5.40. The zero-order valence-electron chi connectivity index (χ0n) is 19.8. The molecule has 0 fully saturated rings. The number of aryl methyl sites for hydroxylation is 2. The highest BCUT2D eigenvalue weighted by molar-refractivity contribution is 5.95. The molecule has 5 aromatic rings. The number of hydrogen-bond donors (Lipinski definition) is 0. The molecule has 0 aliphatic heterocycles. The molecule has 0 saturated carbocycles. The van der Waals surface area contributed by atoms with Gasteiger partial charge in [-0.05, 0) is 58.7 Å². The number of imidazole rings is 1. The maximum absolute atomic E-state index is 12.8. The van der Waals surface area contributed by atoms with Crippen molar-refractivity contribution in [3.05, 3.63) is 118 Å². The first kappa shape index (κ1) is 22.2. The fraction of sp³-hybridized carbons (Fsp3) is 0.138. The first-order chi connectivity index (χ1) is 17.0. The lowest BCUT2D eigenvalue weighted by atomic mass is 9.86. The van der Waals surface area contributed by atoms with Gasteiger partial charge in [0.15, 0.2) is 0 Å². The molecule has 2 aromatic heterocycles. The Balaban J connectivity index is 1.77. The Morgan fingerprint density at radius 3 is 2.43 bits per heavy atom. The monoisotopic (exact) mass is 460 g/mol. The summed E-state index contributed by atoms with van der Waals surface area (Å²) in [6, 6.07) is 25.5. The summed E-state index contributed by atoms with van der Waals surface area (Å²) >= 11 is 0. The predicted molar refractivity (Wildman–Crippen MR) is 136 cm³/mol. The lowest BCUT2D eigenvalue weighted by molar-refractivity contribution is 0.415. The topological polar surface area (TPSA) is 72.8 Å². The standard InChI is InChI=1S/C29H24N4O2/c1-32-18-31-17-27(32)29(20-9-7-19(16-30)8-10-20)22-11-12-26-25(14-22)24(15-28(34)33(26)2)21-5-4-6-23(13-21)35-3/h4-15,17-18,29H,1-3H3/t29-/m0/s1.